The molecule has 2 amide bonds. The van der Waals surface area contributed by atoms with Gasteiger partial charge in [-0.2, -0.15) is 0 Å². The zero-order chi connectivity index (χ0) is 29.1. The number of halogens is 1. The Labute approximate surface area is 238 Å². The number of carbonyl (C=O) groups is 3. The van der Waals surface area contributed by atoms with E-state index in [1.807, 2.05) is 24.3 Å². The van der Waals surface area contributed by atoms with Gasteiger partial charge in [0.2, 0.25) is 0 Å². The van der Waals surface area contributed by atoms with Crippen LogP contribution >= 0.6 is 11.6 Å². The first kappa shape index (κ1) is 30.3. The van der Waals surface area contributed by atoms with Crippen molar-refractivity contribution in [1.82, 2.24) is 10.6 Å². The Morgan fingerprint density at radius 2 is 1.27 bits per heavy atom. The van der Waals surface area contributed by atoms with E-state index in [2.05, 4.69) is 10.6 Å². The summed E-state index contributed by atoms with van der Waals surface area (Å²) < 4.78 is 21.8. The molecule has 0 radical (unpaired) electrons. The van der Waals surface area contributed by atoms with E-state index in [4.69, 9.17) is 30.5 Å². The quantitative estimate of drug-likeness (QED) is 0.271. The van der Waals surface area contributed by atoms with Gasteiger partial charge in [-0.3, -0.25) is 9.59 Å². The van der Waals surface area contributed by atoms with Gasteiger partial charge in [0.1, 0.15) is 28.6 Å². The van der Waals surface area contributed by atoms with Gasteiger partial charge in [0.15, 0.2) is 6.61 Å². The highest BCUT2D eigenvalue weighted by atomic mass is 35.5. The molecule has 3 rings (SSSR count). The fourth-order valence-electron chi connectivity index (χ4n) is 3.43. The molecule has 0 bridgehead atoms. The lowest BCUT2D eigenvalue weighted by Crippen LogP contribution is -2.47. The minimum atomic E-state index is -0.674. The van der Waals surface area contributed by atoms with Gasteiger partial charge in [0.25, 0.3) is 5.91 Å². The summed E-state index contributed by atoms with van der Waals surface area (Å²) in [5.41, 5.74) is 0.223. The molecule has 2 N–H and O–H groups in total. The van der Waals surface area contributed by atoms with Crippen LogP contribution in [0.25, 0.3) is 0 Å². The number of benzene rings is 3. The molecule has 0 aliphatic heterocycles. The maximum atomic E-state index is 12.4. The van der Waals surface area contributed by atoms with Gasteiger partial charge in [-0.1, -0.05) is 23.7 Å². The summed E-state index contributed by atoms with van der Waals surface area (Å²) in [5.74, 6) is 1.57. The topological polar surface area (TPSA) is 112 Å². The second-order valence-corrected chi connectivity index (χ2v) is 10.3. The molecule has 0 fully saturated rings. The summed E-state index contributed by atoms with van der Waals surface area (Å²) in [6.07, 6.45) is -0.195. The van der Waals surface area contributed by atoms with Crippen LogP contribution in [0.1, 0.15) is 33.3 Å². The molecule has 9 nitrogen and oxygen atoms in total. The highest BCUT2D eigenvalue weighted by molar-refractivity contribution is 6.30. The van der Waals surface area contributed by atoms with E-state index in [1.165, 1.54) is 6.92 Å². The molecule has 0 aromatic heterocycles. The van der Waals surface area contributed by atoms with E-state index < -0.39 is 36.2 Å². The number of carbonyl (C=O) groups excluding carboxylic acids is 3. The van der Waals surface area contributed by atoms with Crippen LogP contribution in [0.15, 0.2) is 72.8 Å². The Balaban J connectivity index is 1.58. The number of rotatable bonds is 11. The lowest BCUT2D eigenvalue weighted by atomic mass is 10.1. The molecule has 0 spiro atoms. The minimum Gasteiger partial charge on any atom is -0.457 e. The summed E-state index contributed by atoms with van der Waals surface area (Å²) in [4.78, 5) is 35.3. The predicted octanol–water partition coefficient (Wildman–Crippen LogP) is 6.04. The number of nitrogens with one attached hydrogen (secondary N) is 2. The van der Waals surface area contributed by atoms with Crippen LogP contribution in [0, 0.1) is 0 Å². The van der Waals surface area contributed by atoms with Crippen LogP contribution in [-0.4, -0.2) is 42.8 Å². The molecule has 0 saturated carbocycles. The molecule has 0 unspecified atom stereocenters. The van der Waals surface area contributed by atoms with Crippen LogP contribution in [0.5, 0.6) is 23.0 Å². The Morgan fingerprint density at radius 1 is 0.800 bits per heavy atom. The third kappa shape index (κ3) is 11.2. The number of ether oxygens (including phenoxy) is 4. The molecule has 10 heteroatoms. The number of amides is 2. The van der Waals surface area contributed by atoms with E-state index in [0.29, 0.717) is 34.4 Å². The van der Waals surface area contributed by atoms with Gasteiger partial charge >= 0.3 is 12.1 Å². The van der Waals surface area contributed by atoms with Crippen LogP contribution in [0.2, 0.25) is 5.02 Å². The molecule has 0 aliphatic carbocycles. The molecule has 0 aliphatic rings. The Kier molecular flexibility index (Phi) is 10.8. The summed E-state index contributed by atoms with van der Waals surface area (Å²) in [6.45, 7) is 6.24. The van der Waals surface area contributed by atoms with Crippen molar-refractivity contribution < 1.29 is 33.3 Å². The molecular weight excluding hydrogens is 536 g/mol. The summed E-state index contributed by atoms with van der Waals surface area (Å²) in [6, 6.07) is 21.2. The fourth-order valence-corrected chi connectivity index (χ4v) is 3.56. The zero-order valence-electron chi connectivity index (χ0n) is 22.9. The third-order valence-corrected chi connectivity index (χ3v) is 5.44. The van der Waals surface area contributed by atoms with E-state index in [9.17, 15) is 14.4 Å². The van der Waals surface area contributed by atoms with Gasteiger partial charge in [0, 0.05) is 18.5 Å². The minimum absolute atomic E-state index is 0.113. The van der Waals surface area contributed by atoms with E-state index in [1.54, 1.807) is 69.3 Å². The lowest BCUT2D eigenvalue weighted by Gasteiger charge is -2.24. The Bertz CT molecular complexity index is 1270. The number of alkyl carbamates (subject to hydrolysis) is 1. The summed E-state index contributed by atoms with van der Waals surface area (Å²) in [5, 5.41) is 6.09. The largest absolute Gasteiger partial charge is 0.457 e. The summed E-state index contributed by atoms with van der Waals surface area (Å²) >= 11 is 5.91. The van der Waals surface area contributed by atoms with Crippen LogP contribution in [-0.2, 0) is 25.5 Å². The van der Waals surface area contributed by atoms with E-state index in [-0.39, 0.29) is 6.54 Å². The smallest absolute Gasteiger partial charge is 0.407 e. The SMILES string of the molecule is CC(=O)OCC(=O)NC[C@H](Cc1ccc(Oc2ccc(Oc3ccc(Cl)cc3)cc2)cc1)NC(=O)OC(C)(C)C. The first-order chi connectivity index (χ1) is 18.9. The second-order valence-electron chi connectivity index (χ2n) is 9.91. The Hall–Kier alpha value is -4.24. The molecule has 0 saturated heterocycles. The van der Waals surface area contributed by atoms with Crippen molar-refractivity contribution in [1.29, 1.82) is 0 Å². The first-order valence-electron chi connectivity index (χ1n) is 12.6. The van der Waals surface area contributed by atoms with Crippen LogP contribution in [0.4, 0.5) is 4.79 Å². The van der Waals surface area contributed by atoms with E-state index >= 15 is 0 Å². The molecule has 40 heavy (non-hydrogen) atoms. The highest BCUT2D eigenvalue weighted by Crippen LogP contribution is 2.27. The van der Waals surface area contributed by atoms with Gasteiger partial charge < -0.3 is 29.6 Å². The predicted molar refractivity (Wildman–Crippen MR) is 151 cm³/mol. The van der Waals surface area contributed by atoms with Gasteiger partial charge in [-0.15, -0.1) is 0 Å². The zero-order valence-corrected chi connectivity index (χ0v) is 23.6. The normalized spacial score (nSPS) is 11.6. The van der Waals surface area contributed by atoms with Crippen molar-refractivity contribution in [3.05, 3.63) is 83.4 Å². The molecule has 3 aromatic rings. The van der Waals surface area contributed by atoms with Crippen molar-refractivity contribution in [2.45, 2.75) is 45.8 Å². The van der Waals surface area contributed by atoms with Crippen LogP contribution in [0.3, 0.4) is 0 Å². The maximum absolute atomic E-state index is 12.4. The second kappa shape index (κ2) is 14.2. The van der Waals surface area contributed by atoms with Crippen molar-refractivity contribution in [2.75, 3.05) is 13.2 Å². The highest BCUT2D eigenvalue weighted by Gasteiger charge is 2.20. The average molecular weight is 569 g/mol. The van der Waals surface area contributed by atoms with Crippen molar-refractivity contribution in [3.63, 3.8) is 0 Å². The lowest BCUT2D eigenvalue weighted by molar-refractivity contribution is -0.146. The molecule has 0 heterocycles. The average Bonchev–Trinajstić information content (AvgIpc) is 2.88. The van der Waals surface area contributed by atoms with Gasteiger partial charge in [-0.05, 0) is 93.4 Å². The number of esters is 1. The number of hydrogen-bond acceptors (Lipinski definition) is 7. The maximum Gasteiger partial charge on any atom is 0.407 e. The Morgan fingerprint density at radius 3 is 1.75 bits per heavy atom. The van der Waals surface area contributed by atoms with Crippen molar-refractivity contribution in [2.24, 2.45) is 0 Å². The van der Waals surface area contributed by atoms with Gasteiger partial charge in [-0.25, -0.2) is 4.79 Å². The first-order valence-corrected chi connectivity index (χ1v) is 13.0. The molecule has 3 aromatic carbocycles. The molecule has 1 atom stereocenters. The van der Waals surface area contributed by atoms with Crippen molar-refractivity contribution in [3.8, 4) is 23.0 Å². The van der Waals surface area contributed by atoms with Crippen molar-refractivity contribution >= 4 is 29.6 Å². The molecule has 212 valence electrons. The van der Waals surface area contributed by atoms with Gasteiger partial charge in [0.05, 0.1) is 6.04 Å². The summed E-state index contributed by atoms with van der Waals surface area (Å²) in [7, 11) is 0. The monoisotopic (exact) mass is 568 g/mol. The standard InChI is InChI=1S/C30H33ClN2O7/c1-20(34)37-19-28(35)32-18-23(33-29(36)40-30(2,3)4)17-21-5-9-24(10-6-21)38-26-13-15-27(16-14-26)39-25-11-7-22(31)8-12-25/h5-16,23H,17-19H2,1-4H3,(H,32,35)(H,33,36)/t23-/m0/s1. The molecular formula is C30H33ClN2O7. The fraction of sp³-hybridized carbons (Fsp3) is 0.300. The number of hydrogen-bond donors (Lipinski definition) is 2. The van der Waals surface area contributed by atoms with E-state index in [0.717, 1.165) is 5.56 Å². The van der Waals surface area contributed by atoms with Crippen LogP contribution < -0.4 is 20.1 Å². The third-order valence-electron chi connectivity index (χ3n) is 5.19.